The highest BCUT2D eigenvalue weighted by atomic mass is 32.2. The van der Waals surface area contributed by atoms with Crippen LogP contribution in [0.25, 0.3) is 0 Å². The summed E-state index contributed by atoms with van der Waals surface area (Å²) in [5.41, 5.74) is 6.36. The number of aliphatic carboxylic acids is 1. The second-order valence-corrected chi connectivity index (χ2v) is 12.6. The molecule has 9 atom stereocenters. The smallest absolute Gasteiger partial charge is 0.353 e. The van der Waals surface area contributed by atoms with Crippen LogP contribution in [0.5, 0.6) is 0 Å². The molecule has 6 N–H and O–H groups in total. The summed E-state index contributed by atoms with van der Waals surface area (Å²) in [5, 5.41) is 19.1. The van der Waals surface area contributed by atoms with E-state index in [-0.39, 0.29) is 59.3 Å². The standard InChI is InChI=1S/C25H38N6O5S/c1-11-20-18(12(2)29-17(32)8-27-3)24(34)31(20)21(25(35)36)22(11)37-15-6-16(28-7-15)23(33)30-9-13-4-5-14(10-30)19(13)26/h11-16,18-20,27-28H,4-10,26H2,1-3H3,(H,29,32)(H,35,36)/t11-,12-,13-,14+,15+,16+,18-,19+,20-/m1/s1. The van der Waals surface area contributed by atoms with Crippen molar-refractivity contribution in [3.63, 3.8) is 0 Å². The largest absolute Gasteiger partial charge is 0.477 e. The highest BCUT2D eigenvalue weighted by Crippen LogP contribution is 2.52. The molecule has 12 heteroatoms. The summed E-state index contributed by atoms with van der Waals surface area (Å²) in [7, 11) is 1.67. The van der Waals surface area contributed by atoms with Crippen molar-refractivity contribution in [2.24, 2.45) is 29.4 Å². The molecule has 1 saturated carbocycles. The second-order valence-electron chi connectivity index (χ2n) is 11.3. The minimum atomic E-state index is -1.12. The number of nitrogens with one attached hydrogen (secondary N) is 3. The highest BCUT2D eigenvalue weighted by molar-refractivity contribution is 8.03. The molecule has 1 aliphatic carbocycles. The van der Waals surface area contributed by atoms with Crippen molar-refractivity contribution in [3.8, 4) is 0 Å². The fourth-order valence-corrected chi connectivity index (χ4v) is 8.56. The number of β-lactam (4-membered cyclic amide) rings is 1. The minimum Gasteiger partial charge on any atom is -0.477 e. The zero-order valence-corrected chi connectivity index (χ0v) is 22.4. The lowest BCUT2D eigenvalue weighted by Crippen LogP contribution is -2.66. The predicted octanol–water partition coefficient (Wildman–Crippen LogP) is -0.857. The van der Waals surface area contributed by atoms with Crippen molar-refractivity contribution in [2.75, 3.05) is 33.2 Å². The first-order chi connectivity index (χ1) is 17.6. The van der Waals surface area contributed by atoms with Crippen molar-refractivity contribution >= 4 is 35.5 Å². The van der Waals surface area contributed by atoms with Gasteiger partial charge in [-0.3, -0.25) is 14.4 Å². The average Bonchev–Trinajstić information content (AvgIpc) is 3.44. The van der Waals surface area contributed by atoms with Crippen molar-refractivity contribution in [2.45, 2.75) is 62.5 Å². The molecule has 0 spiro atoms. The van der Waals surface area contributed by atoms with E-state index in [1.54, 1.807) is 14.0 Å². The molecular weight excluding hydrogens is 496 g/mol. The zero-order chi connectivity index (χ0) is 26.6. The van der Waals surface area contributed by atoms with Crippen LogP contribution in [-0.2, 0) is 19.2 Å². The number of rotatable bonds is 8. The second kappa shape index (κ2) is 10.2. The molecule has 3 amide bonds. The molecule has 37 heavy (non-hydrogen) atoms. The summed E-state index contributed by atoms with van der Waals surface area (Å²) in [6.07, 6.45) is 2.79. The molecule has 0 unspecified atom stereocenters. The molecule has 4 aliphatic heterocycles. The molecule has 3 saturated heterocycles. The number of carboxylic acids is 1. The van der Waals surface area contributed by atoms with E-state index >= 15 is 0 Å². The van der Waals surface area contributed by atoms with Gasteiger partial charge in [0.1, 0.15) is 5.70 Å². The molecule has 0 radical (unpaired) electrons. The van der Waals surface area contributed by atoms with Gasteiger partial charge in [-0.15, -0.1) is 11.8 Å². The highest BCUT2D eigenvalue weighted by Gasteiger charge is 2.60. The van der Waals surface area contributed by atoms with E-state index in [0.29, 0.717) is 29.7 Å². The van der Waals surface area contributed by atoms with Crippen molar-refractivity contribution in [3.05, 3.63) is 10.6 Å². The summed E-state index contributed by atoms with van der Waals surface area (Å²) in [4.78, 5) is 54.7. The fourth-order valence-electron chi connectivity index (χ4n) is 7.08. The Morgan fingerprint density at radius 3 is 2.54 bits per heavy atom. The van der Waals surface area contributed by atoms with Gasteiger partial charge in [0.15, 0.2) is 0 Å². The first-order valence-electron chi connectivity index (χ1n) is 13.3. The number of nitrogens with two attached hydrogens (primary N) is 1. The number of carbonyl (C=O) groups excluding carboxylic acids is 3. The number of thioether (sulfide) groups is 1. The number of carbonyl (C=O) groups is 4. The summed E-state index contributed by atoms with van der Waals surface area (Å²) in [6.45, 7) is 5.94. The molecule has 5 rings (SSSR count). The van der Waals surface area contributed by atoms with Gasteiger partial charge >= 0.3 is 5.97 Å². The average molecular weight is 535 g/mol. The number of amides is 3. The maximum Gasteiger partial charge on any atom is 0.353 e. The number of nitrogens with zero attached hydrogens (tertiary/aromatic N) is 2. The molecule has 5 aliphatic rings. The molecule has 4 fully saturated rings. The summed E-state index contributed by atoms with van der Waals surface area (Å²) < 4.78 is 0. The van der Waals surface area contributed by atoms with Gasteiger partial charge in [-0.2, -0.15) is 0 Å². The van der Waals surface area contributed by atoms with Crippen LogP contribution in [0, 0.1) is 23.7 Å². The van der Waals surface area contributed by atoms with Crippen LogP contribution < -0.4 is 21.7 Å². The third kappa shape index (κ3) is 4.55. The number of hydrogen-bond donors (Lipinski definition) is 5. The summed E-state index contributed by atoms with van der Waals surface area (Å²) in [5.74, 6) is -1.34. The number of likely N-dealkylation sites (tertiary alicyclic amines) is 1. The Morgan fingerprint density at radius 2 is 1.92 bits per heavy atom. The normalized spacial score (nSPS) is 37.5. The Morgan fingerprint density at radius 1 is 1.24 bits per heavy atom. The Balaban J connectivity index is 1.23. The van der Waals surface area contributed by atoms with Crippen LogP contribution in [-0.4, -0.2) is 101 Å². The number of carboxylic acid groups (broad SMARTS) is 1. The Kier molecular flexibility index (Phi) is 7.29. The molecular formula is C25H38N6O5S. The lowest BCUT2D eigenvalue weighted by atomic mass is 9.78. The van der Waals surface area contributed by atoms with Gasteiger partial charge in [-0.1, -0.05) is 6.92 Å². The van der Waals surface area contributed by atoms with Crippen LogP contribution in [0.1, 0.15) is 33.1 Å². The number of hydrogen-bond acceptors (Lipinski definition) is 8. The fraction of sp³-hybridized carbons (Fsp3) is 0.760. The SMILES string of the molecule is CNCC(=O)N[C@H](C)[C@H]1C(=O)N2C(C(=O)O)=C(S[C@@H]3CN[C@H](C(=O)N4C[C@H]5CC[C@@H](C4)[C@H]5N)C3)[C@H](C)[C@H]12. The maximum atomic E-state index is 13.3. The monoisotopic (exact) mass is 534 g/mol. The van der Waals surface area contributed by atoms with E-state index in [9.17, 15) is 24.3 Å². The third-order valence-corrected chi connectivity index (χ3v) is 10.5. The first kappa shape index (κ1) is 26.5. The Hall–Kier alpha value is -2.15. The number of piperidine rings is 1. The van der Waals surface area contributed by atoms with Crippen LogP contribution in [0.4, 0.5) is 0 Å². The van der Waals surface area contributed by atoms with E-state index < -0.39 is 17.9 Å². The number of likely N-dealkylation sites (N-methyl/N-ethyl adjacent to an activating group) is 1. The minimum absolute atomic E-state index is 0.0320. The van der Waals surface area contributed by atoms with Gasteiger partial charge in [-0.05, 0) is 45.1 Å². The van der Waals surface area contributed by atoms with E-state index in [4.69, 9.17) is 5.73 Å². The lowest BCUT2D eigenvalue weighted by Gasteiger charge is -2.47. The van der Waals surface area contributed by atoms with Crippen molar-refractivity contribution in [1.29, 1.82) is 0 Å². The van der Waals surface area contributed by atoms with Crippen LogP contribution in [0.3, 0.4) is 0 Å². The van der Waals surface area contributed by atoms with Gasteiger partial charge < -0.3 is 36.6 Å². The van der Waals surface area contributed by atoms with Gasteiger partial charge in [0.25, 0.3) is 0 Å². The summed E-state index contributed by atoms with van der Waals surface area (Å²) >= 11 is 1.48. The maximum absolute atomic E-state index is 13.3. The van der Waals surface area contributed by atoms with E-state index in [2.05, 4.69) is 16.0 Å². The molecule has 11 nitrogen and oxygen atoms in total. The van der Waals surface area contributed by atoms with E-state index in [1.165, 1.54) is 16.7 Å². The third-order valence-electron chi connectivity index (χ3n) is 8.96. The van der Waals surface area contributed by atoms with Crippen LogP contribution in [0.2, 0.25) is 0 Å². The molecule has 0 aromatic heterocycles. The van der Waals surface area contributed by atoms with Crippen molar-refractivity contribution < 1.29 is 24.3 Å². The topological polar surface area (TPSA) is 157 Å². The van der Waals surface area contributed by atoms with Gasteiger partial charge in [0, 0.05) is 47.8 Å². The summed E-state index contributed by atoms with van der Waals surface area (Å²) in [6, 6.07) is -0.790. The zero-order valence-electron chi connectivity index (χ0n) is 21.6. The van der Waals surface area contributed by atoms with Gasteiger partial charge in [0.05, 0.1) is 24.5 Å². The van der Waals surface area contributed by atoms with Gasteiger partial charge in [0.2, 0.25) is 17.7 Å². The number of fused-ring (bicyclic) bond motifs is 3. The van der Waals surface area contributed by atoms with Crippen LogP contribution >= 0.6 is 11.8 Å². The van der Waals surface area contributed by atoms with Crippen molar-refractivity contribution in [1.82, 2.24) is 25.8 Å². The quantitative estimate of drug-likeness (QED) is 0.250. The lowest BCUT2D eigenvalue weighted by molar-refractivity contribution is -0.158. The predicted molar refractivity (Wildman–Crippen MR) is 138 cm³/mol. The van der Waals surface area contributed by atoms with E-state index in [1.807, 2.05) is 11.8 Å². The molecule has 2 bridgehead atoms. The van der Waals surface area contributed by atoms with E-state index in [0.717, 1.165) is 25.9 Å². The molecule has 0 aromatic carbocycles. The van der Waals surface area contributed by atoms with Crippen LogP contribution in [0.15, 0.2) is 10.6 Å². The molecule has 4 heterocycles. The Labute approximate surface area is 221 Å². The Bertz CT molecular complexity index is 1010. The first-order valence-corrected chi connectivity index (χ1v) is 14.2. The molecule has 204 valence electrons. The molecule has 0 aromatic rings. The van der Waals surface area contributed by atoms with Gasteiger partial charge in [-0.25, -0.2) is 4.79 Å².